The third-order valence-corrected chi connectivity index (χ3v) is 3.21. The van der Waals surface area contributed by atoms with Gasteiger partial charge in [-0.25, -0.2) is 9.18 Å². The van der Waals surface area contributed by atoms with Gasteiger partial charge in [0.1, 0.15) is 17.3 Å². The number of nitro groups is 1. The Morgan fingerprint density at radius 2 is 1.85 bits per heavy atom. The molecule has 0 saturated heterocycles. The van der Waals surface area contributed by atoms with E-state index in [2.05, 4.69) is 5.32 Å². The SMILES string of the molecule is C[C@H](OC(=O)COc1ccc(F)cc1)C(=O)Nc1ccccc1[N+](=O)[O-]. The molecule has 0 unspecified atom stereocenters. The predicted octanol–water partition coefficient (Wildman–Crippen LogP) is 2.68. The molecule has 2 rings (SSSR count). The number of para-hydroxylation sites is 2. The normalized spacial score (nSPS) is 11.3. The van der Waals surface area contributed by atoms with Crippen LogP contribution >= 0.6 is 0 Å². The third-order valence-electron chi connectivity index (χ3n) is 3.21. The van der Waals surface area contributed by atoms with Crippen molar-refractivity contribution < 1.29 is 28.4 Å². The number of benzene rings is 2. The van der Waals surface area contributed by atoms with E-state index in [0.29, 0.717) is 0 Å². The molecule has 0 radical (unpaired) electrons. The number of nitrogens with one attached hydrogen (secondary N) is 1. The van der Waals surface area contributed by atoms with Gasteiger partial charge >= 0.3 is 5.97 Å². The number of ether oxygens (including phenoxy) is 2. The van der Waals surface area contributed by atoms with Crippen LogP contribution < -0.4 is 10.1 Å². The Kier molecular flexibility index (Phi) is 6.20. The van der Waals surface area contributed by atoms with Crippen molar-refractivity contribution in [2.45, 2.75) is 13.0 Å². The van der Waals surface area contributed by atoms with Crippen molar-refractivity contribution in [3.05, 3.63) is 64.5 Å². The molecule has 0 aliphatic rings. The highest BCUT2D eigenvalue weighted by Gasteiger charge is 2.21. The van der Waals surface area contributed by atoms with Crippen LogP contribution in [0.15, 0.2) is 48.5 Å². The van der Waals surface area contributed by atoms with Crippen LogP contribution in [0.2, 0.25) is 0 Å². The van der Waals surface area contributed by atoms with Gasteiger partial charge in [0.2, 0.25) is 0 Å². The summed E-state index contributed by atoms with van der Waals surface area (Å²) >= 11 is 0. The summed E-state index contributed by atoms with van der Waals surface area (Å²) in [7, 11) is 0. The van der Waals surface area contributed by atoms with E-state index < -0.39 is 35.3 Å². The minimum Gasteiger partial charge on any atom is -0.482 e. The van der Waals surface area contributed by atoms with E-state index in [-0.39, 0.29) is 17.1 Å². The van der Waals surface area contributed by atoms with Crippen LogP contribution in [0.1, 0.15) is 6.92 Å². The zero-order chi connectivity index (χ0) is 19.1. The van der Waals surface area contributed by atoms with Crippen molar-refractivity contribution >= 4 is 23.3 Å². The summed E-state index contributed by atoms with van der Waals surface area (Å²) in [4.78, 5) is 34.0. The Bertz CT molecular complexity index is 809. The highest BCUT2D eigenvalue weighted by molar-refractivity contribution is 5.96. The fourth-order valence-corrected chi connectivity index (χ4v) is 1.93. The summed E-state index contributed by atoms with van der Waals surface area (Å²) in [6.07, 6.45) is -1.20. The lowest BCUT2D eigenvalue weighted by Gasteiger charge is -2.14. The topological polar surface area (TPSA) is 108 Å². The van der Waals surface area contributed by atoms with Gasteiger partial charge in [-0.2, -0.15) is 0 Å². The summed E-state index contributed by atoms with van der Waals surface area (Å²) in [5, 5.41) is 13.3. The number of carbonyl (C=O) groups excluding carboxylic acids is 2. The quantitative estimate of drug-likeness (QED) is 0.461. The molecule has 0 aliphatic carbocycles. The molecule has 2 aromatic carbocycles. The van der Waals surface area contributed by atoms with E-state index >= 15 is 0 Å². The van der Waals surface area contributed by atoms with Crippen LogP contribution in [-0.2, 0) is 14.3 Å². The minimum atomic E-state index is -1.20. The molecule has 0 bridgehead atoms. The van der Waals surface area contributed by atoms with Crippen molar-refractivity contribution in [2.24, 2.45) is 0 Å². The summed E-state index contributed by atoms with van der Waals surface area (Å²) in [5.74, 6) is -1.73. The van der Waals surface area contributed by atoms with Gasteiger partial charge < -0.3 is 14.8 Å². The van der Waals surface area contributed by atoms with Gasteiger partial charge in [0.15, 0.2) is 12.7 Å². The number of rotatable bonds is 7. The Hall–Kier alpha value is -3.49. The molecular formula is C17H15FN2O6. The zero-order valence-electron chi connectivity index (χ0n) is 13.7. The van der Waals surface area contributed by atoms with Gasteiger partial charge in [-0.15, -0.1) is 0 Å². The van der Waals surface area contributed by atoms with Gasteiger partial charge in [-0.3, -0.25) is 14.9 Å². The average molecular weight is 362 g/mol. The van der Waals surface area contributed by atoms with Gasteiger partial charge in [0.05, 0.1) is 4.92 Å². The van der Waals surface area contributed by atoms with Crippen molar-refractivity contribution in [1.82, 2.24) is 0 Å². The number of nitrogens with zero attached hydrogens (tertiary/aromatic N) is 1. The average Bonchev–Trinajstić information content (AvgIpc) is 2.61. The second kappa shape index (κ2) is 8.56. The molecule has 26 heavy (non-hydrogen) atoms. The second-order valence-corrected chi connectivity index (χ2v) is 5.14. The van der Waals surface area contributed by atoms with E-state index in [4.69, 9.17) is 9.47 Å². The number of hydrogen-bond acceptors (Lipinski definition) is 6. The lowest BCUT2D eigenvalue weighted by Crippen LogP contribution is -2.31. The highest BCUT2D eigenvalue weighted by Crippen LogP contribution is 2.23. The standard InChI is InChI=1S/C17H15FN2O6/c1-11(17(22)19-14-4-2-3-5-15(14)20(23)24)26-16(21)10-25-13-8-6-12(18)7-9-13/h2-9,11H,10H2,1H3,(H,19,22)/t11-/m0/s1. The molecule has 1 amide bonds. The lowest BCUT2D eigenvalue weighted by atomic mass is 10.2. The van der Waals surface area contributed by atoms with Crippen molar-refractivity contribution in [2.75, 3.05) is 11.9 Å². The highest BCUT2D eigenvalue weighted by atomic mass is 19.1. The monoisotopic (exact) mass is 362 g/mol. The molecule has 0 saturated carbocycles. The molecule has 9 heteroatoms. The van der Waals surface area contributed by atoms with Gasteiger partial charge in [-0.1, -0.05) is 12.1 Å². The maximum absolute atomic E-state index is 12.8. The molecule has 0 fully saturated rings. The largest absolute Gasteiger partial charge is 0.482 e. The molecule has 8 nitrogen and oxygen atoms in total. The van der Waals surface area contributed by atoms with Crippen LogP contribution in [-0.4, -0.2) is 29.5 Å². The molecule has 136 valence electrons. The smallest absolute Gasteiger partial charge is 0.344 e. The van der Waals surface area contributed by atoms with Crippen LogP contribution in [0.3, 0.4) is 0 Å². The predicted molar refractivity (Wildman–Crippen MR) is 89.2 cm³/mol. The maximum Gasteiger partial charge on any atom is 0.344 e. The molecular weight excluding hydrogens is 347 g/mol. The molecule has 2 aromatic rings. The lowest BCUT2D eigenvalue weighted by molar-refractivity contribution is -0.383. The number of hydrogen-bond donors (Lipinski definition) is 1. The number of carbonyl (C=O) groups is 2. The van der Waals surface area contributed by atoms with E-state index in [1.54, 1.807) is 0 Å². The fourth-order valence-electron chi connectivity index (χ4n) is 1.93. The van der Waals surface area contributed by atoms with Crippen LogP contribution in [0.4, 0.5) is 15.8 Å². The number of amides is 1. The zero-order valence-corrected chi connectivity index (χ0v) is 13.7. The Labute approximate surface area is 147 Å². The second-order valence-electron chi connectivity index (χ2n) is 5.14. The first kappa shape index (κ1) is 18.8. The van der Waals surface area contributed by atoms with Crippen molar-refractivity contribution in [1.29, 1.82) is 0 Å². The van der Waals surface area contributed by atoms with E-state index in [0.717, 1.165) is 0 Å². The van der Waals surface area contributed by atoms with Crippen LogP contribution in [0.25, 0.3) is 0 Å². The van der Waals surface area contributed by atoms with Gasteiger partial charge in [0.25, 0.3) is 11.6 Å². The number of halogens is 1. The molecule has 1 atom stereocenters. The minimum absolute atomic E-state index is 0.00652. The van der Waals surface area contributed by atoms with Crippen LogP contribution in [0, 0.1) is 15.9 Å². The number of anilines is 1. The molecule has 1 N–H and O–H groups in total. The number of nitro benzene ring substituents is 1. The Morgan fingerprint density at radius 3 is 2.50 bits per heavy atom. The maximum atomic E-state index is 12.8. The van der Waals surface area contributed by atoms with Gasteiger partial charge in [0, 0.05) is 6.07 Å². The fraction of sp³-hybridized carbons (Fsp3) is 0.176. The van der Waals surface area contributed by atoms with E-state index in [9.17, 15) is 24.1 Å². The first-order valence-electron chi connectivity index (χ1n) is 7.49. The summed E-state index contributed by atoms with van der Waals surface area (Å²) < 4.78 is 22.8. The van der Waals surface area contributed by atoms with E-state index in [1.807, 2.05) is 0 Å². The Morgan fingerprint density at radius 1 is 1.19 bits per heavy atom. The molecule has 0 aromatic heterocycles. The Balaban J connectivity index is 1.87. The summed E-state index contributed by atoms with van der Waals surface area (Å²) in [6, 6.07) is 10.6. The van der Waals surface area contributed by atoms with Crippen molar-refractivity contribution in [3.8, 4) is 5.75 Å². The molecule has 0 heterocycles. The molecule has 0 spiro atoms. The summed E-state index contributed by atoms with van der Waals surface area (Å²) in [5.41, 5.74) is -0.285. The van der Waals surface area contributed by atoms with Gasteiger partial charge in [-0.05, 0) is 37.3 Å². The first-order chi connectivity index (χ1) is 12.4. The van der Waals surface area contributed by atoms with Crippen LogP contribution in [0.5, 0.6) is 5.75 Å². The first-order valence-corrected chi connectivity index (χ1v) is 7.49. The van der Waals surface area contributed by atoms with E-state index in [1.165, 1.54) is 55.5 Å². The molecule has 0 aliphatic heterocycles. The summed E-state index contributed by atoms with van der Waals surface area (Å²) in [6.45, 7) is 0.842. The third kappa shape index (κ3) is 5.26. The number of esters is 1. The van der Waals surface area contributed by atoms with Crippen molar-refractivity contribution in [3.63, 3.8) is 0 Å².